The van der Waals surface area contributed by atoms with Crippen LogP contribution in [0, 0.1) is 0 Å². The van der Waals surface area contributed by atoms with Crippen molar-refractivity contribution in [3.05, 3.63) is 30.3 Å². The van der Waals surface area contributed by atoms with Crippen molar-refractivity contribution < 1.29 is 4.79 Å². The maximum Gasteiger partial charge on any atom is 0.240 e. The quantitative estimate of drug-likeness (QED) is 0.789. The van der Waals surface area contributed by atoms with E-state index in [0.29, 0.717) is 5.16 Å². The van der Waals surface area contributed by atoms with Gasteiger partial charge in [0.05, 0.1) is 5.25 Å². The van der Waals surface area contributed by atoms with Gasteiger partial charge in [0, 0.05) is 19.8 Å². The van der Waals surface area contributed by atoms with Crippen molar-refractivity contribution in [2.45, 2.75) is 17.3 Å². The minimum atomic E-state index is -0.255. The number of tetrazole rings is 1. The van der Waals surface area contributed by atoms with Crippen LogP contribution in [0.5, 0.6) is 0 Å². The summed E-state index contributed by atoms with van der Waals surface area (Å²) >= 11 is 1.34. The van der Waals surface area contributed by atoms with Crippen molar-refractivity contribution >= 4 is 23.4 Å². The number of thioether (sulfide) groups is 1. The summed E-state index contributed by atoms with van der Waals surface area (Å²) in [4.78, 5) is 13.9. The molecule has 7 heteroatoms. The molecule has 0 N–H and O–H groups in total. The fraction of sp³-hybridized carbons (Fsp3) is 0.333. The Balaban J connectivity index is 2.05. The molecular weight excluding hydrogens is 262 g/mol. The highest BCUT2D eigenvalue weighted by Gasteiger charge is 2.21. The molecule has 0 saturated heterocycles. The predicted octanol–water partition coefficient (Wildman–Crippen LogP) is 1.35. The Hall–Kier alpha value is -1.89. The van der Waals surface area contributed by atoms with Gasteiger partial charge in [-0.05, 0) is 29.5 Å². The van der Waals surface area contributed by atoms with Crippen LogP contribution in [0.25, 0.3) is 0 Å². The van der Waals surface area contributed by atoms with Crippen molar-refractivity contribution in [1.29, 1.82) is 0 Å². The van der Waals surface area contributed by atoms with Gasteiger partial charge in [0.1, 0.15) is 0 Å². The first-order chi connectivity index (χ1) is 9.09. The highest BCUT2D eigenvalue weighted by atomic mass is 32.2. The van der Waals surface area contributed by atoms with E-state index >= 15 is 0 Å². The number of benzene rings is 1. The first kappa shape index (κ1) is 13.5. The molecule has 0 radical (unpaired) electrons. The normalized spacial score (nSPS) is 12.2. The maximum atomic E-state index is 12.3. The summed E-state index contributed by atoms with van der Waals surface area (Å²) in [7, 11) is 3.52. The summed E-state index contributed by atoms with van der Waals surface area (Å²) in [6.45, 7) is 1.85. The number of nitrogens with zero attached hydrogens (tertiary/aromatic N) is 5. The second-order valence-corrected chi connectivity index (χ2v) is 5.39. The minimum Gasteiger partial charge on any atom is -0.315 e. The van der Waals surface area contributed by atoms with E-state index in [4.69, 9.17) is 0 Å². The molecule has 0 spiro atoms. The molecule has 100 valence electrons. The lowest BCUT2D eigenvalue weighted by atomic mass is 10.3. The van der Waals surface area contributed by atoms with Gasteiger partial charge < -0.3 is 4.90 Å². The van der Waals surface area contributed by atoms with Crippen LogP contribution in [0.4, 0.5) is 5.69 Å². The Labute approximate surface area is 115 Å². The van der Waals surface area contributed by atoms with Gasteiger partial charge in [-0.3, -0.25) is 4.79 Å². The largest absolute Gasteiger partial charge is 0.315 e. The molecule has 0 aliphatic heterocycles. The number of aryl methyl sites for hydroxylation is 1. The van der Waals surface area contributed by atoms with Gasteiger partial charge >= 0.3 is 0 Å². The second-order valence-electron chi connectivity index (χ2n) is 4.08. The van der Waals surface area contributed by atoms with E-state index in [0.717, 1.165) is 5.69 Å². The molecule has 1 aromatic carbocycles. The Kier molecular flexibility index (Phi) is 4.16. The van der Waals surface area contributed by atoms with Gasteiger partial charge in [-0.1, -0.05) is 30.0 Å². The summed E-state index contributed by atoms with van der Waals surface area (Å²) in [6, 6.07) is 9.54. The average molecular weight is 277 g/mol. The molecule has 1 unspecified atom stereocenters. The fourth-order valence-electron chi connectivity index (χ4n) is 1.58. The van der Waals surface area contributed by atoms with Crippen molar-refractivity contribution in [3.63, 3.8) is 0 Å². The Morgan fingerprint density at radius 1 is 1.37 bits per heavy atom. The standard InChI is InChI=1S/C12H15N5OS/c1-9(19-12-13-14-15-17(12)3)11(18)16(2)10-7-5-4-6-8-10/h4-9H,1-3H3. The van der Waals surface area contributed by atoms with Crippen LogP contribution < -0.4 is 4.90 Å². The molecule has 0 aliphatic rings. The van der Waals surface area contributed by atoms with Gasteiger partial charge in [0.25, 0.3) is 0 Å². The number of aromatic nitrogens is 4. The van der Waals surface area contributed by atoms with Gasteiger partial charge in [-0.2, -0.15) is 0 Å². The lowest BCUT2D eigenvalue weighted by Crippen LogP contribution is -2.33. The molecule has 0 bridgehead atoms. The molecule has 2 rings (SSSR count). The Morgan fingerprint density at radius 2 is 2.05 bits per heavy atom. The summed E-state index contributed by atoms with van der Waals surface area (Å²) in [5, 5.41) is 11.5. The first-order valence-corrected chi connectivity index (χ1v) is 6.69. The third kappa shape index (κ3) is 3.11. The molecule has 0 saturated carbocycles. The van der Waals surface area contributed by atoms with Crippen LogP contribution in [0.15, 0.2) is 35.5 Å². The maximum absolute atomic E-state index is 12.3. The summed E-state index contributed by atoms with van der Waals surface area (Å²) in [5.74, 6) is 0.0131. The third-order valence-electron chi connectivity index (χ3n) is 2.69. The predicted molar refractivity (Wildman–Crippen MR) is 74.0 cm³/mol. The smallest absolute Gasteiger partial charge is 0.240 e. The van der Waals surface area contributed by atoms with E-state index in [1.807, 2.05) is 37.3 Å². The number of hydrogen-bond donors (Lipinski definition) is 0. The van der Waals surface area contributed by atoms with E-state index in [-0.39, 0.29) is 11.2 Å². The molecule has 0 fully saturated rings. The topological polar surface area (TPSA) is 63.9 Å². The zero-order valence-electron chi connectivity index (χ0n) is 11.0. The SMILES string of the molecule is CC(Sc1nnnn1C)C(=O)N(C)c1ccccc1. The van der Waals surface area contributed by atoms with Crippen molar-refractivity contribution in [3.8, 4) is 0 Å². The van der Waals surface area contributed by atoms with Gasteiger partial charge in [0.15, 0.2) is 0 Å². The van der Waals surface area contributed by atoms with Crippen LogP contribution in [-0.4, -0.2) is 38.4 Å². The van der Waals surface area contributed by atoms with Crippen LogP contribution in [0.1, 0.15) is 6.92 Å². The second kappa shape index (κ2) is 5.83. The van der Waals surface area contributed by atoms with Crippen molar-refractivity contribution in [2.75, 3.05) is 11.9 Å². The summed E-state index contributed by atoms with van der Waals surface area (Å²) in [5.41, 5.74) is 0.871. The van der Waals surface area contributed by atoms with E-state index in [2.05, 4.69) is 15.5 Å². The van der Waals surface area contributed by atoms with Gasteiger partial charge in [0.2, 0.25) is 11.1 Å². The van der Waals surface area contributed by atoms with Gasteiger partial charge in [-0.15, -0.1) is 5.10 Å². The number of rotatable bonds is 4. The molecule has 1 amide bonds. The monoisotopic (exact) mass is 277 g/mol. The highest BCUT2D eigenvalue weighted by Crippen LogP contribution is 2.22. The number of carbonyl (C=O) groups is 1. The Morgan fingerprint density at radius 3 is 2.63 bits per heavy atom. The number of anilines is 1. The summed E-state index contributed by atoms with van der Waals surface area (Å²) < 4.78 is 1.55. The lowest BCUT2D eigenvalue weighted by Gasteiger charge is -2.20. The van der Waals surface area contributed by atoms with E-state index < -0.39 is 0 Å². The van der Waals surface area contributed by atoms with E-state index in [1.165, 1.54) is 11.8 Å². The average Bonchev–Trinajstić information content (AvgIpc) is 2.83. The number of amides is 1. The number of carbonyl (C=O) groups excluding carboxylic acids is 1. The zero-order chi connectivity index (χ0) is 13.8. The molecule has 1 aromatic heterocycles. The molecule has 1 atom stereocenters. The van der Waals surface area contributed by atoms with Crippen molar-refractivity contribution in [1.82, 2.24) is 20.2 Å². The molecule has 0 aliphatic carbocycles. The third-order valence-corrected chi connectivity index (χ3v) is 3.80. The molecule has 6 nitrogen and oxygen atoms in total. The lowest BCUT2D eigenvalue weighted by molar-refractivity contribution is -0.117. The van der Waals surface area contributed by atoms with Crippen LogP contribution >= 0.6 is 11.8 Å². The number of para-hydroxylation sites is 1. The van der Waals surface area contributed by atoms with E-state index in [9.17, 15) is 4.79 Å². The zero-order valence-corrected chi connectivity index (χ0v) is 11.8. The minimum absolute atomic E-state index is 0.0131. The molecular formula is C12H15N5OS. The van der Waals surface area contributed by atoms with Crippen LogP contribution in [-0.2, 0) is 11.8 Å². The molecule has 1 heterocycles. The number of hydrogen-bond acceptors (Lipinski definition) is 5. The Bertz CT molecular complexity index is 556. The highest BCUT2D eigenvalue weighted by molar-refractivity contribution is 8.00. The fourth-order valence-corrected chi connectivity index (χ4v) is 2.43. The van der Waals surface area contributed by atoms with Gasteiger partial charge in [-0.25, -0.2) is 4.68 Å². The molecule has 19 heavy (non-hydrogen) atoms. The van der Waals surface area contributed by atoms with E-state index in [1.54, 1.807) is 23.7 Å². The van der Waals surface area contributed by atoms with Crippen LogP contribution in [0.3, 0.4) is 0 Å². The molecule has 2 aromatic rings. The summed E-state index contributed by atoms with van der Waals surface area (Å²) in [6.07, 6.45) is 0. The van der Waals surface area contributed by atoms with Crippen LogP contribution in [0.2, 0.25) is 0 Å². The van der Waals surface area contributed by atoms with Crippen molar-refractivity contribution in [2.24, 2.45) is 7.05 Å². The first-order valence-electron chi connectivity index (χ1n) is 5.81.